The Morgan fingerprint density at radius 3 is 2.79 bits per heavy atom. The van der Waals surface area contributed by atoms with Crippen molar-refractivity contribution < 1.29 is 4.74 Å². The first-order valence-corrected chi connectivity index (χ1v) is 7.67. The highest BCUT2D eigenvalue weighted by Gasteiger charge is 2.13. The fourth-order valence-electron chi connectivity index (χ4n) is 3.01. The van der Waals surface area contributed by atoms with Gasteiger partial charge in [0.25, 0.3) is 0 Å². The highest BCUT2D eigenvalue weighted by Crippen LogP contribution is 2.26. The van der Waals surface area contributed by atoms with E-state index >= 15 is 0 Å². The van der Waals surface area contributed by atoms with Gasteiger partial charge in [-0.1, -0.05) is 44.2 Å². The minimum absolute atomic E-state index is 0.402. The predicted molar refractivity (Wildman–Crippen MR) is 80.6 cm³/mol. The second-order valence-electron chi connectivity index (χ2n) is 5.75. The average molecular weight is 261 g/mol. The van der Waals surface area contributed by atoms with Crippen molar-refractivity contribution in [3.8, 4) is 5.75 Å². The van der Waals surface area contributed by atoms with E-state index in [1.165, 1.54) is 44.1 Å². The lowest BCUT2D eigenvalue weighted by Gasteiger charge is -2.23. The summed E-state index contributed by atoms with van der Waals surface area (Å²) in [7, 11) is 1.72. The first-order chi connectivity index (χ1) is 9.29. The van der Waals surface area contributed by atoms with Crippen LogP contribution < -0.4 is 10.1 Å². The molecule has 1 aromatic rings. The maximum Gasteiger partial charge on any atom is 0.119 e. The number of ether oxygens (including phenoxy) is 1. The number of nitrogens with one attached hydrogen (secondary N) is 1. The van der Waals surface area contributed by atoms with Crippen LogP contribution in [0.4, 0.5) is 0 Å². The minimum Gasteiger partial charge on any atom is -0.497 e. The molecule has 0 unspecified atom stereocenters. The van der Waals surface area contributed by atoms with Crippen LogP contribution in [0.15, 0.2) is 24.3 Å². The van der Waals surface area contributed by atoms with E-state index in [2.05, 4.69) is 30.4 Å². The summed E-state index contributed by atoms with van der Waals surface area (Å²) >= 11 is 0. The Labute approximate surface area is 117 Å². The SMILES string of the molecule is COc1cccc([C@@H](C)NCCC2CCCCC2)c1. The fraction of sp³-hybridized carbons (Fsp3) is 0.647. The average Bonchev–Trinajstić information content (AvgIpc) is 2.48. The lowest BCUT2D eigenvalue weighted by molar-refractivity contribution is 0.329. The molecule has 0 saturated heterocycles. The molecule has 0 aliphatic heterocycles. The van der Waals surface area contributed by atoms with Crippen LogP contribution in [0.25, 0.3) is 0 Å². The summed E-state index contributed by atoms with van der Waals surface area (Å²) in [6.07, 6.45) is 8.54. The van der Waals surface area contributed by atoms with Gasteiger partial charge in [0.05, 0.1) is 7.11 Å². The zero-order valence-corrected chi connectivity index (χ0v) is 12.3. The van der Waals surface area contributed by atoms with Gasteiger partial charge in [-0.05, 0) is 43.5 Å². The van der Waals surface area contributed by atoms with Gasteiger partial charge in [-0.25, -0.2) is 0 Å². The molecule has 2 heteroatoms. The Kier molecular flexibility index (Phi) is 5.71. The molecule has 0 bridgehead atoms. The van der Waals surface area contributed by atoms with E-state index in [-0.39, 0.29) is 0 Å². The van der Waals surface area contributed by atoms with Crippen molar-refractivity contribution in [2.24, 2.45) is 5.92 Å². The van der Waals surface area contributed by atoms with Gasteiger partial charge >= 0.3 is 0 Å². The quantitative estimate of drug-likeness (QED) is 0.823. The third-order valence-electron chi connectivity index (χ3n) is 4.32. The van der Waals surface area contributed by atoms with E-state index in [9.17, 15) is 0 Å². The predicted octanol–water partition coefficient (Wildman–Crippen LogP) is 4.32. The summed E-state index contributed by atoms with van der Waals surface area (Å²) in [4.78, 5) is 0. The van der Waals surface area contributed by atoms with Gasteiger partial charge in [0.15, 0.2) is 0 Å². The molecule has 1 aromatic carbocycles. The molecule has 0 radical (unpaired) electrons. The third-order valence-corrected chi connectivity index (χ3v) is 4.32. The van der Waals surface area contributed by atoms with Gasteiger partial charge in [-0.2, -0.15) is 0 Å². The van der Waals surface area contributed by atoms with Crippen LogP contribution in [-0.2, 0) is 0 Å². The summed E-state index contributed by atoms with van der Waals surface area (Å²) in [6.45, 7) is 3.36. The topological polar surface area (TPSA) is 21.3 Å². The van der Waals surface area contributed by atoms with E-state index in [1.807, 2.05) is 6.07 Å². The Morgan fingerprint density at radius 2 is 2.05 bits per heavy atom. The summed E-state index contributed by atoms with van der Waals surface area (Å²) in [5.41, 5.74) is 1.31. The van der Waals surface area contributed by atoms with Gasteiger partial charge in [0.2, 0.25) is 0 Å². The Balaban J connectivity index is 1.75. The summed E-state index contributed by atoms with van der Waals surface area (Å²) in [6, 6.07) is 8.75. The van der Waals surface area contributed by atoms with Crippen LogP contribution in [0.1, 0.15) is 57.1 Å². The van der Waals surface area contributed by atoms with Gasteiger partial charge in [-0.15, -0.1) is 0 Å². The van der Waals surface area contributed by atoms with Crippen LogP contribution in [0.2, 0.25) is 0 Å². The second-order valence-corrected chi connectivity index (χ2v) is 5.75. The van der Waals surface area contributed by atoms with E-state index in [1.54, 1.807) is 7.11 Å². The lowest BCUT2D eigenvalue weighted by Crippen LogP contribution is -2.22. The van der Waals surface area contributed by atoms with E-state index in [0.29, 0.717) is 6.04 Å². The van der Waals surface area contributed by atoms with E-state index in [4.69, 9.17) is 4.74 Å². The number of hydrogen-bond acceptors (Lipinski definition) is 2. The first-order valence-electron chi connectivity index (χ1n) is 7.67. The zero-order chi connectivity index (χ0) is 13.5. The van der Waals surface area contributed by atoms with Gasteiger partial charge in [0.1, 0.15) is 5.75 Å². The number of methoxy groups -OCH3 is 1. The van der Waals surface area contributed by atoms with Crippen molar-refractivity contribution in [3.63, 3.8) is 0 Å². The van der Waals surface area contributed by atoms with Crippen molar-refractivity contribution in [1.82, 2.24) is 5.32 Å². The summed E-state index contributed by atoms with van der Waals surface area (Å²) in [5, 5.41) is 3.64. The van der Waals surface area contributed by atoms with E-state index < -0.39 is 0 Å². The number of rotatable bonds is 6. The molecular formula is C17H27NO. The van der Waals surface area contributed by atoms with Gasteiger partial charge < -0.3 is 10.1 Å². The maximum atomic E-state index is 5.28. The smallest absolute Gasteiger partial charge is 0.119 e. The molecule has 0 amide bonds. The molecule has 1 fully saturated rings. The zero-order valence-electron chi connectivity index (χ0n) is 12.3. The Hall–Kier alpha value is -1.02. The Bertz CT molecular complexity index is 371. The molecule has 19 heavy (non-hydrogen) atoms. The lowest BCUT2D eigenvalue weighted by atomic mass is 9.87. The highest BCUT2D eigenvalue weighted by atomic mass is 16.5. The molecule has 1 aliphatic rings. The number of benzene rings is 1. The minimum atomic E-state index is 0.402. The molecule has 1 aliphatic carbocycles. The molecule has 1 saturated carbocycles. The normalized spacial score (nSPS) is 18.2. The largest absolute Gasteiger partial charge is 0.497 e. The molecule has 0 heterocycles. The van der Waals surface area contributed by atoms with Crippen molar-refractivity contribution in [1.29, 1.82) is 0 Å². The van der Waals surface area contributed by atoms with Crippen LogP contribution >= 0.6 is 0 Å². The molecule has 1 atom stereocenters. The van der Waals surface area contributed by atoms with Crippen molar-refractivity contribution in [2.45, 2.75) is 51.5 Å². The fourth-order valence-corrected chi connectivity index (χ4v) is 3.01. The summed E-state index contributed by atoms with van der Waals surface area (Å²) in [5.74, 6) is 1.90. The van der Waals surface area contributed by atoms with Crippen molar-refractivity contribution in [3.05, 3.63) is 29.8 Å². The van der Waals surface area contributed by atoms with Crippen molar-refractivity contribution in [2.75, 3.05) is 13.7 Å². The van der Waals surface area contributed by atoms with Gasteiger partial charge in [0, 0.05) is 6.04 Å². The molecule has 0 spiro atoms. The standard InChI is InChI=1S/C17H27NO/c1-14(16-9-6-10-17(13-16)19-2)18-12-11-15-7-4-3-5-8-15/h6,9-10,13-15,18H,3-5,7-8,11-12H2,1-2H3/t14-/m1/s1. The van der Waals surface area contributed by atoms with Crippen LogP contribution in [0.5, 0.6) is 5.75 Å². The molecule has 0 aromatic heterocycles. The van der Waals surface area contributed by atoms with Crippen molar-refractivity contribution >= 4 is 0 Å². The molecule has 2 rings (SSSR count). The summed E-state index contributed by atoms with van der Waals surface area (Å²) < 4.78 is 5.28. The molecular weight excluding hydrogens is 234 g/mol. The third kappa shape index (κ3) is 4.54. The molecule has 2 nitrogen and oxygen atoms in total. The monoisotopic (exact) mass is 261 g/mol. The van der Waals surface area contributed by atoms with Crippen LogP contribution in [0.3, 0.4) is 0 Å². The molecule has 1 N–H and O–H groups in total. The Morgan fingerprint density at radius 1 is 1.26 bits per heavy atom. The molecule has 106 valence electrons. The first kappa shape index (κ1) is 14.4. The van der Waals surface area contributed by atoms with E-state index in [0.717, 1.165) is 18.2 Å². The van der Waals surface area contributed by atoms with Crippen LogP contribution in [0, 0.1) is 5.92 Å². The number of hydrogen-bond donors (Lipinski definition) is 1. The highest BCUT2D eigenvalue weighted by molar-refractivity contribution is 5.30. The second kappa shape index (κ2) is 7.54. The van der Waals surface area contributed by atoms with Gasteiger partial charge in [-0.3, -0.25) is 0 Å². The maximum absolute atomic E-state index is 5.28. The van der Waals surface area contributed by atoms with Crippen LogP contribution in [-0.4, -0.2) is 13.7 Å².